The van der Waals surface area contributed by atoms with E-state index in [-0.39, 0.29) is 5.78 Å². The zero-order chi connectivity index (χ0) is 18.3. The molecule has 0 amide bonds. The van der Waals surface area contributed by atoms with Crippen molar-refractivity contribution in [3.63, 3.8) is 0 Å². The molecule has 2 heterocycles. The van der Waals surface area contributed by atoms with Gasteiger partial charge in [-0.25, -0.2) is 4.98 Å². The van der Waals surface area contributed by atoms with Crippen molar-refractivity contribution in [2.24, 2.45) is 0 Å². The molecule has 1 fully saturated rings. The van der Waals surface area contributed by atoms with Gasteiger partial charge in [-0.15, -0.1) is 0 Å². The summed E-state index contributed by atoms with van der Waals surface area (Å²) in [5.41, 5.74) is 5.10. The van der Waals surface area contributed by atoms with Crippen LogP contribution in [0.2, 0.25) is 0 Å². The van der Waals surface area contributed by atoms with Gasteiger partial charge < -0.3 is 9.97 Å². The summed E-state index contributed by atoms with van der Waals surface area (Å²) >= 11 is 0. The Morgan fingerprint density at radius 2 is 2.19 bits per heavy atom. The highest BCUT2D eigenvalue weighted by atomic mass is 16.1. The van der Waals surface area contributed by atoms with E-state index in [0.29, 0.717) is 39.7 Å². The number of benzene rings is 1. The van der Waals surface area contributed by atoms with Gasteiger partial charge in [0.05, 0.1) is 16.8 Å². The standard InChI is InChI=1S/C21H18N4O/c1-3-12(4-2)20(26)16-9-18(23-11-16)21-24-17-8-14(13-5-6-13)7-15(10-22)19(17)25-21/h3-4,7-9,11,13,23H,1,5-6H2,2H3,(H,24,25)/b12-4-. The molecule has 1 saturated carbocycles. The number of nitrogens with one attached hydrogen (secondary N) is 2. The lowest BCUT2D eigenvalue weighted by molar-refractivity contribution is 0.103. The van der Waals surface area contributed by atoms with Gasteiger partial charge in [0.15, 0.2) is 11.6 Å². The van der Waals surface area contributed by atoms with Gasteiger partial charge in [0.25, 0.3) is 0 Å². The van der Waals surface area contributed by atoms with Gasteiger partial charge in [-0.1, -0.05) is 18.7 Å². The molecule has 0 aliphatic heterocycles. The number of aromatic amines is 2. The van der Waals surface area contributed by atoms with Crippen molar-refractivity contribution < 1.29 is 4.79 Å². The molecule has 0 radical (unpaired) electrons. The van der Waals surface area contributed by atoms with Crippen LogP contribution in [0.5, 0.6) is 0 Å². The summed E-state index contributed by atoms with van der Waals surface area (Å²) in [6, 6.07) is 8.03. The van der Waals surface area contributed by atoms with Crippen molar-refractivity contribution in [2.75, 3.05) is 0 Å². The van der Waals surface area contributed by atoms with Crippen LogP contribution in [0.4, 0.5) is 0 Å². The van der Waals surface area contributed by atoms with E-state index in [9.17, 15) is 10.1 Å². The second-order valence-electron chi connectivity index (χ2n) is 6.52. The monoisotopic (exact) mass is 342 g/mol. The molecule has 0 spiro atoms. The fourth-order valence-electron chi connectivity index (χ4n) is 3.18. The van der Waals surface area contributed by atoms with E-state index in [2.05, 4.69) is 33.7 Å². The molecule has 2 N–H and O–H groups in total. The number of hydrogen-bond acceptors (Lipinski definition) is 3. The Balaban J connectivity index is 1.75. The Kier molecular flexibility index (Phi) is 3.81. The van der Waals surface area contributed by atoms with Crippen molar-refractivity contribution in [1.29, 1.82) is 5.26 Å². The van der Waals surface area contributed by atoms with Crippen LogP contribution in [-0.4, -0.2) is 20.7 Å². The maximum absolute atomic E-state index is 12.4. The van der Waals surface area contributed by atoms with Gasteiger partial charge in [0, 0.05) is 17.3 Å². The quantitative estimate of drug-likeness (QED) is 0.403. The molecule has 4 rings (SSSR count). The van der Waals surface area contributed by atoms with E-state index in [1.165, 1.54) is 18.4 Å². The van der Waals surface area contributed by atoms with E-state index >= 15 is 0 Å². The van der Waals surface area contributed by atoms with Crippen molar-refractivity contribution in [3.05, 3.63) is 65.4 Å². The number of aromatic nitrogens is 3. The Hall–Kier alpha value is -3.39. The largest absolute Gasteiger partial charge is 0.358 e. The number of allylic oxidation sites excluding steroid dienone is 3. The van der Waals surface area contributed by atoms with Gasteiger partial charge in [-0.2, -0.15) is 5.26 Å². The lowest BCUT2D eigenvalue weighted by atomic mass is 10.1. The molecule has 1 aliphatic carbocycles. The highest BCUT2D eigenvalue weighted by molar-refractivity contribution is 6.10. The average Bonchev–Trinajstić information content (AvgIpc) is 3.23. The lowest BCUT2D eigenvalue weighted by Gasteiger charge is -1.99. The third-order valence-electron chi connectivity index (χ3n) is 4.77. The fourth-order valence-corrected chi connectivity index (χ4v) is 3.18. The highest BCUT2D eigenvalue weighted by Gasteiger charge is 2.25. The van der Waals surface area contributed by atoms with Gasteiger partial charge in [0.1, 0.15) is 11.6 Å². The number of carbonyl (C=O) groups excluding carboxylic acids is 1. The van der Waals surface area contributed by atoms with Crippen molar-refractivity contribution in [1.82, 2.24) is 15.0 Å². The Morgan fingerprint density at radius 3 is 2.85 bits per heavy atom. The molecule has 0 unspecified atom stereocenters. The Bertz CT molecular complexity index is 1100. The summed E-state index contributed by atoms with van der Waals surface area (Å²) in [7, 11) is 0. The summed E-state index contributed by atoms with van der Waals surface area (Å²) in [5, 5.41) is 9.46. The topological polar surface area (TPSA) is 85.3 Å². The molecule has 1 aromatic carbocycles. The first-order valence-corrected chi connectivity index (χ1v) is 8.60. The second-order valence-corrected chi connectivity index (χ2v) is 6.52. The molecule has 128 valence electrons. The van der Waals surface area contributed by atoms with Crippen LogP contribution >= 0.6 is 0 Å². The van der Waals surface area contributed by atoms with Crippen molar-refractivity contribution >= 4 is 16.8 Å². The minimum Gasteiger partial charge on any atom is -0.358 e. The molecule has 1 aliphatic rings. The normalized spacial score (nSPS) is 14.4. The fraction of sp³-hybridized carbons (Fsp3) is 0.190. The molecular formula is C21H18N4O. The van der Waals surface area contributed by atoms with Crippen LogP contribution in [0.25, 0.3) is 22.6 Å². The number of imidazole rings is 1. The summed E-state index contributed by atoms with van der Waals surface area (Å²) in [4.78, 5) is 23.4. The van der Waals surface area contributed by atoms with E-state index < -0.39 is 0 Å². The number of nitriles is 1. The van der Waals surface area contributed by atoms with Crippen molar-refractivity contribution in [3.8, 4) is 17.6 Å². The molecule has 26 heavy (non-hydrogen) atoms. The molecule has 0 atom stereocenters. The predicted molar refractivity (Wildman–Crippen MR) is 101 cm³/mol. The highest BCUT2D eigenvalue weighted by Crippen LogP contribution is 2.41. The summed E-state index contributed by atoms with van der Waals surface area (Å²) in [5.74, 6) is 1.09. The third kappa shape index (κ3) is 2.66. The van der Waals surface area contributed by atoms with Crippen molar-refractivity contribution in [2.45, 2.75) is 25.7 Å². The first kappa shape index (κ1) is 16.1. The summed E-state index contributed by atoms with van der Waals surface area (Å²) < 4.78 is 0. The molecule has 5 nitrogen and oxygen atoms in total. The summed E-state index contributed by atoms with van der Waals surface area (Å²) in [6.45, 7) is 5.48. The van der Waals surface area contributed by atoms with Crippen LogP contribution in [0.15, 0.2) is 48.7 Å². The maximum Gasteiger partial charge on any atom is 0.194 e. The third-order valence-corrected chi connectivity index (χ3v) is 4.77. The minimum atomic E-state index is -0.0881. The van der Waals surface area contributed by atoms with Crippen LogP contribution in [0, 0.1) is 11.3 Å². The number of Topliss-reactive ketones (excluding diaryl/α,β-unsaturated/α-hetero) is 1. The number of hydrogen-bond donors (Lipinski definition) is 2. The van der Waals surface area contributed by atoms with Crippen LogP contribution in [0.3, 0.4) is 0 Å². The van der Waals surface area contributed by atoms with E-state index in [0.717, 1.165) is 5.52 Å². The van der Waals surface area contributed by atoms with Gasteiger partial charge in [-0.05, 0) is 49.4 Å². The first-order valence-electron chi connectivity index (χ1n) is 8.60. The molecule has 0 saturated heterocycles. The van der Waals surface area contributed by atoms with E-state index in [1.54, 1.807) is 24.4 Å². The molecular weight excluding hydrogens is 324 g/mol. The zero-order valence-electron chi connectivity index (χ0n) is 14.5. The van der Waals surface area contributed by atoms with Crippen LogP contribution in [-0.2, 0) is 0 Å². The first-order chi connectivity index (χ1) is 12.6. The van der Waals surface area contributed by atoms with Gasteiger partial charge >= 0.3 is 0 Å². The minimum absolute atomic E-state index is 0.0881. The molecule has 2 aromatic heterocycles. The van der Waals surface area contributed by atoms with Crippen LogP contribution in [0.1, 0.15) is 47.2 Å². The maximum atomic E-state index is 12.4. The van der Waals surface area contributed by atoms with E-state index in [1.807, 2.05) is 13.0 Å². The number of fused-ring (bicyclic) bond motifs is 1. The van der Waals surface area contributed by atoms with Gasteiger partial charge in [-0.3, -0.25) is 4.79 Å². The zero-order valence-corrected chi connectivity index (χ0v) is 14.5. The second kappa shape index (κ2) is 6.16. The van der Waals surface area contributed by atoms with E-state index in [4.69, 9.17) is 0 Å². The number of H-pyrrole nitrogens is 2. The van der Waals surface area contributed by atoms with Gasteiger partial charge in [0.2, 0.25) is 0 Å². The smallest absolute Gasteiger partial charge is 0.194 e. The summed E-state index contributed by atoms with van der Waals surface area (Å²) in [6.07, 6.45) is 7.31. The number of ketones is 1. The molecule has 3 aromatic rings. The average molecular weight is 342 g/mol. The number of rotatable bonds is 5. The SMILES string of the molecule is C=C/C(=C/C)C(=O)c1c[nH]c(-c2nc3c(C#N)cc(C4CC4)cc3[nH]2)c1. The Labute approximate surface area is 151 Å². The number of carbonyl (C=O) groups is 1. The lowest BCUT2D eigenvalue weighted by Crippen LogP contribution is -1.98. The predicted octanol–water partition coefficient (Wildman–Crippen LogP) is 4.62. The molecule has 0 bridgehead atoms. The van der Waals surface area contributed by atoms with Crippen LogP contribution < -0.4 is 0 Å². The molecule has 5 heteroatoms. The number of nitrogens with zero attached hydrogens (tertiary/aromatic N) is 2. The Morgan fingerprint density at radius 1 is 1.38 bits per heavy atom.